The van der Waals surface area contributed by atoms with Gasteiger partial charge in [-0.3, -0.25) is 0 Å². The Balaban J connectivity index is 2.19. The minimum absolute atomic E-state index is 0.0845. The first kappa shape index (κ1) is 24.6. The zero-order chi connectivity index (χ0) is 21.7. The van der Waals surface area contributed by atoms with Crippen LogP contribution in [0.15, 0.2) is 42.5 Å². The fourth-order valence-corrected chi connectivity index (χ4v) is 4.47. The van der Waals surface area contributed by atoms with Crippen molar-refractivity contribution in [3.05, 3.63) is 48.0 Å². The van der Waals surface area contributed by atoms with E-state index in [4.69, 9.17) is 30.2 Å². The zero-order valence-electron chi connectivity index (χ0n) is 18.9. The molecule has 164 valence electrons. The standard InChI is InChI=1S/C23H37ClO4Si/c1-22(2,3)29(6,7)28-20(17-25-16-18-12-9-8-10-13-18)21-19(14-11-15-24)26-23(4,5)27-21/h8-14,19-21H,15-17H2,1-7H3/b14-11+/t19-,20-,21-/m0/s1. The number of ether oxygens (including phenoxy) is 3. The molecular weight excluding hydrogens is 404 g/mol. The first-order valence-electron chi connectivity index (χ1n) is 10.3. The Kier molecular flexibility index (Phi) is 8.54. The fraction of sp³-hybridized carbons (Fsp3) is 0.652. The van der Waals surface area contributed by atoms with Gasteiger partial charge in [-0.25, -0.2) is 0 Å². The Labute approximate surface area is 182 Å². The van der Waals surface area contributed by atoms with Crippen molar-refractivity contribution in [2.24, 2.45) is 0 Å². The first-order valence-corrected chi connectivity index (χ1v) is 13.8. The second-order valence-corrected chi connectivity index (χ2v) is 14.6. The van der Waals surface area contributed by atoms with E-state index in [2.05, 4.69) is 46.0 Å². The summed E-state index contributed by atoms with van der Waals surface area (Å²) in [7, 11) is -2.04. The highest BCUT2D eigenvalue weighted by Crippen LogP contribution is 2.40. The molecule has 1 aromatic carbocycles. The minimum Gasteiger partial charge on any atom is -0.409 e. The van der Waals surface area contributed by atoms with Gasteiger partial charge in [0, 0.05) is 5.88 Å². The Bertz CT molecular complexity index is 655. The monoisotopic (exact) mass is 440 g/mol. The molecule has 0 amide bonds. The molecule has 4 nitrogen and oxygen atoms in total. The molecule has 1 aliphatic rings. The highest BCUT2D eigenvalue weighted by atomic mass is 35.5. The zero-order valence-corrected chi connectivity index (χ0v) is 20.7. The summed E-state index contributed by atoms with van der Waals surface area (Å²) in [5.41, 5.74) is 1.14. The summed E-state index contributed by atoms with van der Waals surface area (Å²) < 4.78 is 25.3. The van der Waals surface area contributed by atoms with Crippen molar-refractivity contribution in [1.82, 2.24) is 0 Å². The third-order valence-corrected chi connectivity index (χ3v) is 10.3. The first-order chi connectivity index (χ1) is 13.5. The van der Waals surface area contributed by atoms with Crippen LogP contribution in [0.1, 0.15) is 40.2 Å². The molecule has 0 bridgehead atoms. The van der Waals surface area contributed by atoms with Gasteiger partial charge in [0.1, 0.15) is 12.2 Å². The molecule has 0 aromatic heterocycles. The predicted octanol–water partition coefficient (Wildman–Crippen LogP) is 5.91. The van der Waals surface area contributed by atoms with Crippen molar-refractivity contribution in [1.29, 1.82) is 0 Å². The molecule has 1 heterocycles. The third kappa shape index (κ3) is 7.19. The number of hydrogen-bond donors (Lipinski definition) is 0. The van der Waals surface area contributed by atoms with Crippen LogP contribution in [0.3, 0.4) is 0 Å². The van der Waals surface area contributed by atoms with Crippen LogP contribution in [0.4, 0.5) is 0 Å². The van der Waals surface area contributed by atoms with Gasteiger partial charge in [-0.05, 0) is 37.5 Å². The van der Waals surface area contributed by atoms with Gasteiger partial charge in [-0.1, -0.05) is 63.3 Å². The Morgan fingerprint density at radius 3 is 2.41 bits per heavy atom. The summed E-state index contributed by atoms with van der Waals surface area (Å²) in [5, 5.41) is 0.0845. The Hall–Kier alpha value is -0.693. The average Bonchev–Trinajstić information content (AvgIpc) is 2.93. The molecule has 0 spiro atoms. The smallest absolute Gasteiger partial charge is 0.192 e. The third-order valence-electron chi connectivity index (χ3n) is 5.59. The lowest BCUT2D eigenvalue weighted by molar-refractivity contribution is -0.156. The number of alkyl halides is 1. The van der Waals surface area contributed by atoms with Crippen LogP contribution in [0.2, 0.25) is 18.1 Å². The van der Waals surface area contributed by atoms with Crippen LogP contribution in [-0.4, -0.2) is 44.9 Å². The van der Waals surface area contributed by atoms with Gasteiger partial charge in [-0.2, -0.15) is 0 Å². The molecule has 1 aliphatic heterocycles. The van der Waals surface area contributed by atoms with Gasteiger partial charge in [0.2, 0.25) is 0 Å². The van der Waals surface area contributed by atoms with Gasteiger partial charge in [-0.15, -0.1) is 11.6 Å². The molecule has 6 heteroatoms. The average molecular weight is 441 g/mol. The van der Waals surface area contributed by atoms with E-state index in [0.717, 1.165) is 5.56 Å². The molecule has 1 saturated heterocycles. The molecule has 0 unspecified atom stereocenters. The van der Waals surface area contributed by atoms with Crippen LogP contribution < -0.4 is 0 Å². The fourth-order valence-electron chi connectivity index (χ4n) is 3.06. The van der Waals surface area contributed by atoms with Gasteiger partial charge in [0.25, 0.3) is 0 Å². The van der Waals surface area contributed by atoms with Crippen LogP contribution in [0.5, 0.6) is 0 Å². The van der Waals surface area contributed by atoms with Gasteiger partial charge in [0.15, 0.2) is 14.1 Å². The number of rotatable bonds is 9. The van der Waals surface area contributed by atoms with Crippen LogP contribution in [-0.2, 0) is 25.2 Å². The summed E-state index contributed by atoms with van der Waals surface area (Å²) in [6.45, 7) is 16.1. The van der Waals surface area contributed by atoms with Crippen LogP contribution >= 0.6 is 11.6 Å². The predicted molar refractivity (Wildman–Crippen MR) is 122 cm³/mol. The van der Waals surface area contributed by atoms with Crippen molar-refractivity contribution in [3.8, 4) is 0 Å². The van der Waals surface area contributed by atoms with E-state index < -0.39 is 14.1 Å². The van der Waals surface area contributed by atoms with E-state index >= 15 is 0 Å². The van der Waals surface area contributed by atoms with E-state index in [0.29, 0.717) is 19.1 Å². The number of halogens is 1. The van der Waals surface area contributed by atoms with Gasteiger partial charge in [0.05, 0.1) is 19.3 Å². The molecular formula is C23H37ClO4Si. The SMILES string of the molecule is CC1(C)O[C@H]([C@H](COCc2ccccc2)O[Si](C)(C)C(C)(C)C)[C@H](/C=C/CCl)O1. The van der Waals surface area contributed by atoms with Gasteiger partial charge >= 0.3 is 0 Å². The number of hydrogen-bond acceptors (Lipinski definition) is 4. The molecule has 0 radical (unpaired) electrons. The summed E-state index contributed by atoms with van der Waals surface area (Å²) in [6, 6.07) is 10.2. The molecule has 29 heavy (non-hydrogen) atoms. The molecule has 0 saturated carbocycles. The van der Waals surface area contributed by atoms with Gasteiger partial charge < -0.3 is 18.6 Å². The number of allylic oxidation sites excluding steroid dienone is 1. The summed E-state index contributed by atoms with van der Waals surface area (Å²) in [4.78, 5) is 0. The normalized spacial score (nSPS) is 23.6. The van der Waals surface area contributed by atoms with Crippen molar-refractivity contribution >= 4 is 19.9 Å². The lowest BCUT2D eigenvalue weighted by Gasteiger charge is -2.41. The molecule has 3 atom stereocenters. The minimum atomic E-state index is -2.04. The quantitative estimate of drug-likeness (QED) is 0.272. The van der Waals surface area contributed by atoms with E-state index in [1.54, 1.807) is 0 Å². The maximum absolute atomic E-state index is 6.77. The molecule has 0 aliphatic carbocycles. The van der Waals surface area contributed by atoms with Crippen molar-refractivity contribution in [2.75, 3.05) is 12.5 Å². The number of benzene rings is 1. The maximum atomic E-state index is 6.77. The molecule has 1 aromatic rings. The highest BCUT2D eigenvalue weighted by molar-refractivity contribution is 6.74. The molecule has 0 N–H and O–H groups in total. The van der Waals surface area contributed by atoms with E-state index in [9.17, 15) is 0 Å². The second kappa shape index (κ2) is 10.1. The Morgan fingerprint density at radius 1 is 1.17 bits per heavy atom. The lowest BCUT2D eigenvalue weighted by Crippen LogP contribution is -2.50. The molecule has 2 rings (SSSR count). The van der Waals surface area contributed by atoms with E-state index in [1.165, 1.54) is 0 Å². The lowest BCUT2D eigenvalue weighted by atomic mass is 10.1. The van der Waals surface area contributed by atoms with E-state index in [1.807, 2.05) is 44.2 Å². The Morgan fingerprint density at radius 2 is 1.83 bits per heavy atom. The second-order valence-electron chi connectivity index (χ2n) is 9.56. The van der Waals surface area contributed by atoms with E-state index in [-0.39, 0.29) is 23.4 Å². The summed E-state index contributed by atoms with van der Waals surface area (Å²) in [5.74, 6) is -0.244. The summed E-state index contributed by atoms with van der Waals surface area (Å²) in [6.07, 6.45) is 3.17. The van der Waals surface area contributed by atoms with Crippen LogP contribution in [0, 0.1) is 0 Å². The largest absolute Gasteiger partial charge is 0.409 e. The van der Waals surface area contributed by atoms with Crippen LogP contribution in [0.25, 0.3) is 0 Å². The van der Waals surface area contributed by atoms with Crippen molar-refractivity contribution in [3.63, 3.8) is 0 Å². The molecule has 1 fully saturated rings. The topological polar surface area (TPSA) is 36.9 Å². The highest BCUT2D eigenvalue weighted by Gasteiger charge is 2.48. The summed E-state index contributed by atoms with van der Waals surface area (Å²) >= 11 is 5.86. The van der Waals surface area contributed by atoms with Crippen molar-refractivity contribution < 1.29 is 18.6 Å². The van der Waals surface area contributed by atoms with Crippen molar-refractivity contribution in [2.45, 2.75) is 83.5 Å². The maximum Gasteiger partial charge on any atom is 0.192 e.